The number of sulfonamides is 1. The van der Waals surface area contributed by atoms with Crippen molar-refractivity contribution in [3.63, 3.8) is 0 Å². The lowest BCUT2D eigenvalue weighted by Crippen LogP contribution is -2.22. The topological polar surface area (TPSA) is 175 Å². The lowest BCUT2D eigenvalue weighted by Gasteiger charge is -2.11. The summed E-state index contributed by atoms with van der Waals surface area (Å²) in [4.78, 5) is -1.00. The molecule has 2 aromatic rings. The highest BCUT2D eigenvalue weighted by Gasteiger charge is 2.28. The van der Waals surface area contributed by atoms with Gasteiger partial charge in [0.15, 0.2) is 9.84 Å². The van der Waals surface area contributed by atoms with Gasteiger partial charge in [-0.05, 0) is 17.3 Å². The molecule has 0 bridgehead atoms. The van der Waals surface area contributed by atoms with Crippen molar-refractivity contribution in [2.24, 2.45) is 10.9 Å². The molecule has 0 radical (unpaired) electrons. The van der Waals surface area contributed by atoms with Crippen LogP contribution in [0.1, 0.15) is 0 Å². The maximum atomic E-state index is 12.2. The first-order valence-electron chi connectivity index (χ1n) is 5.60. The molecule has 5 N–H and O–H groups in total. The highest BCUT2D eigenvalue weighted by Crippen LogP contribution is 2.30. The van der Waals surface area contributed by atoms with Crippen LogP contribution in [0, 0.1) is 0 Å². The molecule has 114 valence electrons. The number of hydrogen-bond donors (Lipinski definition) is 3. The summed E-state index contributed by atoms with van der Waals surface area (Å²) in [6, 6.07) is 3.85. The van der Waals surface area contributed by atoms with Crippen LogP contribution in [-0.2, 0) is 19.9 Å². The third-order valence-electron chi connectivity index (χ3n) is 2.57. The molecule has 1 aromatic heterocycles. The van der Waals surface area contributed by atoms with Gasteiger partial charge in [-0.15, -0.1) is 10.2 Å². The summed E-state index contributed by atoms with van der Waals surface area (Å²) >= 11 is 0. The SMILES string of the molecule is NCCS(=O)(=O)c1cccc(-c2nn[nH]n2)c1S(N)(=O)=O. The number of aromatic nitrogens is 4. The van der Waals surface area contributed by atoms with E-state index in [1.807, 2.05) is 0 Å². The third-order valence-corrected chi connectivity index (χ3v) is 5.49. The Morgan fingerprint density at radius 1 is 1.19 bits per heavy atom. The first-order valence-corrected chi connectivity index (χ1v) is 8.79. The van der Waals surface area contributed by atoms with E-state index in [1.54, 1.807) is 0 Å². The van der Waals surface area contributed by atoms with Gasteiger partial charge in [-0.2, -0.15) is 5.21 Å². The Bertz CT molecular complexity index is 844. The average Bonchev–Trinajstić information content (AvgIpc) is 2.90. The van der Waals surface area contributed by atoms with E-state index in [1.165, 1.54) is 12.1 Å². The van der Waals surface area contributed by atoms with Gasteiger partial charge in [0.05, 0.1) is 10.6 Å². The zero-order valence-corrected chi connectivity index (χ0v) is 12.2. The summed E-state index contributed by atoms with van der Waals surface area (Å²) in [7, 11) is -8.24. The maximum absolute atomic E-state index is 12.2. The Hall–Kier alpha value is -1.89. The van der Waals surface area contributed by atoms with Crippen LogP contribution in [0.2, 0.25) is 0 Å². The normalized spacial score (nSPS) is 12.5. The van der Waals surface area contributed by atoms with Crippen molar-refractivity contribution in [3.8, 4) is 11.4 Å². The summed E-state index contributed by atoms with van der Waals surface area (Å²) in [5.74, 6) is -0.491. The van der Waals surface area contributed by atoms with E-state index in [4.69, 9.17) is 10.9 Å². The molecule has 0 aliphatic heterocycles. The zero-order chi connectivity index (χ0) is 15.7. The lowest BCUT2D eigenvalue weighted by molar-refractivity contribution is 0.583. The maximum Gasteiger partial charge on any atom is 0.240 e. The van der Waals surface area contributed by atoms with Gasteiger partial charge >= 0.3 is 0 Å². The second kappa shape index (κ2) is 5.48. The Kier molecular flexibility index (Phi) is 4.04. The molecular weight excluding hydrogens is 320 g/mol. The number of benzene rings is 1. The molecule has 12 heteroatoms. The lowest BCUT2D eigenvalue weighted by atomic mass is 10.2. The van der Waals surface area contributed by atoms with Gasteiger partial charge in [0.2, 0.25) is 15.8 Å². The number of aromatic amines is 1. The molecule has 0 aliphatic carbocycles. The highest BCUT2D eigenvalue weighted by molar-refractivity contribution is 7.93. The smallest absolute Gasteiger partial charge is 0.240 e. The standard InChI is InChI=1S/C9H12N6O4S2/c10-4-5-20(16,17)7-3-1-2-6(8(7)21(11,18)19)9-12-14-15-13-9/h1-3H,4-5,10H2,(H2,11,18,19)(H,12,13,14,15). The Balaban J connectivity index is 2.83. The monoisotopic (exact) mass is 332 g/mol. The van der Waals surface area contributed by atoms with Crippen LogP contribution in [0.3, 0.4) is 0 Å². The molecule has 0 saturated carbocycles. The molecule has 2 rings (SSSR count). The van der Waals surface area contributed by atoms with Gasteiger partial charge in [0, 0.05) is 12.1 Å². The molecule has 0 atom stereocenters. The predicted octanol–water partition coefficient (Wildman–Crippen LogP) is -1.75. The number of H-pyrrole nitrogens is 1. The van der Waals surface area contributed by atoms with Gasteiger partial charge in [-0.1, -0.05) is 6.07 Å². The van der Waals surface area contributed by atoms with Gasteiger partial charge in [-0.25, -0.2) is 22.0 Å². The zero-order valence-electron chi connectivity index (χ0n) is 10.6. The Morgan fingerprint density at radius 2 is 1.90 bits per heavy atom. The molecule has 0 saturated heterocycles. The second-order valence-electron chi connectivity index (χ2n) is 4.02. The van der Waals surface area contributed by atoms with Gasteiger partial charge in [0.1, 0.15) is 4.90 Å². The van der Waals surface area contributed by atoms with Crippen LogP contribution in [0.25, 0.3) is 11.4 Å². The van der Waals surface area contributed by atoms with E-state index < -0.39 is 35.4 Å². The molecule has 0 fully saturated rings. The molecule has 0 amide bonds. The van der Waals surface area contributed by atoms with Crippen molar-refractivity contribution < 1.29 is 16.8 Å². The van der Waals surface area contributed by atoms with Crippen LogP contribution in [0.4, 0.5) is 0 Å². The summed E-state index contributed by atoms with van der Waals surface area (Å²) in [5.41, 5.74) is 5.19. The van der Waals surface area contributed by atoms with E-state index in [2.05, 4.69) is 20.6 Å². The Morgan fingerprint density at radius 3 is 2.43 bits per heavy atom. The number of nitrogens with one attached hydrogen (secondary N) is 1. The number of rotatable bonds is 5. The number of primary sulfonamides is 1. The van der Waals surface area contributed by atoms with Crippen LogP contribution in [0.15, 0.2) is 28.0 Å². The van der Waals surface area contributed by atoms with Crippen LogP contribution >= 0.6 is 0 Å². The van der Waals surface area contributed by atoms with Crippen LogP contribution in [0.5, 0.6) is 0 Å². The minimum atomic E-state index is -4.33. The van der Waals surface area contributed by atoms with Crippen molar-refractivity contribution in [1.29, 1.82) is 0 Å². The minimum Gasteiger partial charge on any atom is -0.329 e. The van der Waals surface area contributed by atoms with Crippen molar-refractivity contribution >= 4 is 19.9 Å². The molecule has 0 spiro atoms. The summed E-state index contributed by atoms with van der Waals surface area (Å²) in [5, 5.41) is 17.9. The molecular formula is C9H12N6O4S2. The largest absolute Gasteiger partial charge is 0.329 e. The first-order chi connectivity index (χ1) is 9.77. The van der Waals surface area contributed by atoms with Gasteiger partial charge in [0.25, 0.3) is 0 Å². The first kappa shape index (κ1) is 15.5. The van der Waals surface area contributed by atoms with E-state index in [0.717, 1.165) is 6.07 Å². The van der Waals surface area contributed by atoms with Crippen molar-refractivity contribution in [2.75, 3.05) is 12.3 Å². The minimum absolute atomic E-state index is 0.0515. The fourth-order valence-corrected chi connectivity index (χ4v) is 4.52. The number of sulfone groups is 1. The van der Waals surface area contributed by atoms with Crippen molar-refractivity contribution in [1.82, 2.24) is 20.6 Å². The van der Waals surface area contributed by atoms with E-state index in [0.29, 0.717) is 0 Å². The molecule has 21 heavy (non-hydrogen) atoms. The van der Waals surface area contributed by atoms with E-state index in [-0.39, 0.29) is 17.9 Å². The second-order valence-corrected chi connectivity index (χ2v) is 7.60. The van der Waals surface area contributed by atoms with Crippen LogP contribution < -0.4 is 10.9 Å². The van der Waals surface area contributed by atoms with Gasteiger partial charge < -0.3 is 5.73 Å². The van der Waals surface area contributed by atoms with E-state index >= 15 is 0 Å². The average molecular weight is 332 g/mol. The quantitative estimate of drug-likeness (QED) is 0.577. The fourth-order valence-electron chi connectivity index (χ4n) is 1.77. The molecule has 1 heterocycles. The van der Waals surface area contributed by atoms with Crippen LogP contribution in [-0.4, -0.2) is 49.8 Å². The summed E-state index contributed by atoms with van der Waals surface area (Å²) in [6.45, 7) is -0.154. The fraction of sp³-hybridized carbons (Fsp3) is 0.222. The number of hydrogen-bond acceptors (Lipinski definition) is 8. The summed E-state index contributed by atoms with van der Waals surface area (Å²) in [6.07, 6.45) is 0. The van der Waals surface area contributed by atoms with Crippen molar-refractivity contribution in [2.45, 2.75) is 9.79 Å². The third kappa shape index (κ3) is 3.07. The van der Waals surface area contributed by atoms with E-state index in [9.17, 15) is 16.8 Å². The number of nitrogens with two attached hydrogens (primary N) is 2. The predicted molar refractivity (Wildman–Crippen MR) is 72.1 cm³/mol. The summed E-state index contributed by atoms with van der Waals surface area (Å²) < 4.78 is 47.9. The van der Waals surface area contributed by atoms with Gasteiger partial charge in [-0.3, -0.25) is 0 Å². The van der Waals surface area contributed by atoms with Crippen molar-refractivity contribution in [3.05, 3.63) is 18.2 Å². The number of tetrazole rings is 1. The Labute approximate surface area is 120 Å². The number of nitrogens with zero attached hydrogens (tertiary/aromatic N) is 3. The highest BCUT2D eigenvalue weighted by atomic mass is 32.2. The molecule has 1 aromatic carbocycles. The molecule has 10 nitrogen and oxygen atoms in total. The molecule has 0 unspecified atom stereocenters. The molecule has 0 aliphatic rings.